The van der Waals surface area contributed by atoms with Crippen LogP contribution in [0.1, 0.15) is 37.8 Å². The average Bonchev–Trinajstić information content (AvgIpc) is 2.29. The summed E-state index contributed by atoms with van der Waals surface area (Å²) in [5, 5.41) is 21.6. The van der Waals surface area contributed by atoms with Gasteiger partial charge >= 0.3 is 0 Å². The van der Waals surface area contributed by atoms with Crippen molar-refractivity contribution in [3.63, 3.8) is 0 Å². The molecule has 3 heteroatoms. The molecule has 0 fully saturated rings. The van der Waals surface area contributed by atoms with E-state index in [1.165, 1.54) is 0 Å². The monoisotopic (exact) mass is 223 g/mol. The molecule has 0 saturated carbocycles. The van der Waals surface area contributed by atoms with E-state index >= 15 is 0 Å². The second kappa shape index (κ2) is 7.25. The number of phenolic OH excluding ortho intramolecular Hbond substituents is 1. The van der Waals surface area contributed by atoms with E-state index in [1.54, 1.807) is 6.07 Å². The molecule has 0 radical (unpaired) electrons. The van der Waals surface area contributed by atoms with Gasteiger partial charge in [-0.3, -0.25) is 0 Å². The van der Waals surface area contributed by atoms with Gasteiger partial charge in [-0.1, -0.05) is 18.2 Å². The molecule has 90 valence electrons. The normalized spacial score (nSPS) is 12.6. The lowest BCUT2D eigenvalue weighted by atomic mass is 10.1. The van der Waals surface area contributed by atoms with Gasteiger partial charge in [0, 0.05) is 18.2 Å². The number of nitrogens with one attached hydrogen (secondary N) is 1. The Balaban J connectivity index is 2.30. The minimum absolute atomic E-state index is 0.162. The summed E-state index contributed by atoms with van der Waals surface area (Å²) in [4.78, 5) is 0. The number of benzene rings is 1. The standard InChI is InChI=1S/C13H21NO2/c1-11(14-9-5-2-6-10-15)12-7-3-4-8-13(12)16/h3-4,7-8,11,14-16H,2,5-6,9-10H2,1H3. The molecule has 0 saturated heterocycles. The van der Waals surface area contributed by atoms with E-state index in [1.807, 2.05) is 25.1 Å². The Labute approximate surface area is 97.1 Å². The van der Waals surface area contributed by atoms with Crippen molar-refractivity contribution in [1.29, 1.82) is 0 Å². The minimum Gasteiger partial charge on any atom is -0.508 e. The van der Waals surface area contributed by atoms with Gasteiger partial charge in [0.1, 0.15) is 5.75 Å². The number of aliphatic hydroxyl groups excluding tert-OH is 1. The number of unbranched alkanes of at least 4 members (excludes halogenated alkanes) is 2. The maximum Gasteiger partial charge on any atom is 0.120 e. The largest absolute Gasteiger partial charge is 0.508 e. The fourth-order valence-corrected chi connectivity index (χ4v) is 1.70. The highest BCUT2D eigenvalue weighted by Crippen LogP contribution is 2.22. The van der Waals surface area contributed by atoms with Gasteiger partial charge in [0.05, 0.1) is 0 Å². The van der Waals surface area contributed by atoms with Crippen LogP contribution in [0.15, 0.2) is 24.3 Å². The van der Waals surface area contributed by atoms with Crippen LogP contribution >= 0.6 is 0 Å². The first-order valence-corrected chi connectivity index (χ1v) is 5.88. The topological polar surface area (TPSA) is 52.5 Å². The van der Waals surface area contributed by atoms with Crippen molar-refractivity contribution < 1.29 is 10.2 Å². The van der Waals surface area contributed by atoms with E-state index in [2.05, 4.69) is 5.32 Å². The number of para-hydroxylation sites is 1. The lowest BCUT2D eigenvalue weighted by molar-refractivity contribution is 0.282. The quantitative estimate of drug-likeness (QED) is 0.621. The Morgan fingerprint density at radius 2 is 1.94 bits per heavy atom. The SMILES string of the molecule is CC(NCCCCCO)c1ccccc1O. The molecule has 0 spiro atoms. The van der Waals surface area contributed by atoms with Gasteiger partial charge in [0.15, 0.2) is 0 Å². The van der Waals surface area contributed by atoms with E-state index < -0.39 is 0 Å². The molecule has 1 aromatic rings. The molecule has 3 N–H and O–H groups in total. The van der Waals surface area contributed by atoms with E-state index in [0.29, 0.717) is 5.75 Å². The maximum atomic E-state index is 9.65. The summed E-state index contributed by atoms with van der Waals surface area (Å²) in [7, 11) is 0. The van der Waals surface area contributed by atoms with Crippen LogP contribution in [0.4, 0.5) is 0 Å². The van der Waals surface area contributed by atoms with Gasteiger partial charge in [-0.2, -0.15) is 0 Å². The predicted octanol–water partition coefficient (Wildman–Crippen LogP) is 2.21. The molecule has 0 aliphatic heterocycles. The molecule has 1 atom stereocenters. The molecular weight excluding hydrogens is 202 g/mol. The van der Waals surface area contributed by atoms with Crippen LogP contribution in [0.2, 0.25) is 0 Å². The Bertz CT molecular complexity index is 302. The van der Waals surface area contributed by atoms with E-state index in [9.17, 15) is 5.11 Å². The highest BCUT2D eigenvalue weighted by Gasteiger charge is 2.07. The third kappa shape index (κ3) is 4.21. The van der Waals surface area contributed by atoms with E-state index in [4.69, 9.17) is 5.11 Å². The molecule has 3 nitrogen and oxygen atoms in total. The van der Waals surface area contributed by atoms with Crippen molar-refractivity contribution in [1.82, 2.24) is 5.32 Å². The van der Waals surface area contributed by atoms with Crippen molar-refractivity contribution in [2.24, 2.45) is 0 Å². The highest BCUT2D eigenvalue weighted by atomic mass is 16.3. The van der Waals surface area contributed by atoms with E-state index in [-0.39, 0.29) is 12.6 Å². The predicted molar refractivity (Wildman–Crippen MR) is 65.5 cm³/mol. The minimum atomic E-state index is 0.162. The van der Waals surface area contributed by atoms with Gasteiger partial charge in [0.2, 0.25) is 0 Å². The molecule has 0 aromatic heterocycles. The van der Waals surface area contributed by atoms with Gasteiger partial charge in [0.25, 0.3) is 0 Å². The Hall–Kier alpha value is -1.06. The smallest absolute Gasteiger partial charge is 0.120 e. The Kier molecular flexibility index (Phi) is 5.90. The van der Waals surface area contributed by atoms with Crippen LogP contribution in [-0.4, -0.2) is 23.4 Å². The van der Waals surface area contributed by atoms with Gasteiger partial charge in [-0.25, -0.2) is 0 Å². The zero-order chi connectivity index (χ0) is 11.8. The maximum absolute atomic E-state index is 9.65. The summed E-state index contributed by atoms with van der Waals surface area (Å²) in [5.74, 6) is 0.345. The van der Waals surface area contributed by atoms with Crippen molar-refractivity contribution in [2.45, 2.75) is 32.2 Å². The molecule has 1 aromatic carbocycles. The lowest BCUT2D eigenvalue weighted by Crippen LogP contribution is -2.19. The summed E-state index contributed by atoms with van der Waals surface area (Å²) in [5.41, 5.74) is 0.935. The van der Waals surface area contributed by atoms with Gasteiger partial charge < -0.3 is 15.5 Å². The third-order valence-corrected chi connectivity index (χ3v) is 2.69. The Morgan fingerprint density at radius 1 is 1.19 bits per heavy atom. The van der Waals surface area contributed by atoms with Crippen LogP contribution in [0.5, 0.6) is 5.75 Å². The van der Waals surface area contributed by atoms with Gasteiger partial charge in [-0.05, 0) is 38.8 Å². The summed E-state index contributed by atoms with van der Waals surface area (Å²) < 4.78 is 0. The molecular formula is C13H21NO2. The van der Waals surface area contributed by atoms with Crippen molar-refractivity contribution in [3.05, 3.63) is 29.8 Å². The molecule has 1 rings (SSSR count). The second-order valence-corrected chi connectivity index (χ2v) is 4.02. The molecule has 0 bridgehead atoms. The average molecular weight is 223 g/mol. The highest BCUT2D eigenvalue weighted by molar-refractivity contribution is 5.33. The van der Waals surface area contributed by atoms with Crippen LogP contribution in [-0.2, 0) is 0 Å². The fraction of sp³-hybridized carbons (Fsp3) is 0.538. The van der Waals surface area contributed by atoms with Crippen molar-refractivity contribution in [3.8, 4) is 5.75 Å². The fourth-order valence-electron chi connectivity index (χ4n) is 1.70. The molecule has 1 unspecified atom stereocenters. The first-order valence-electron chi connectivity index (χ1n) is 5.88. The molecule has 0 aliphatic rings. The lowest BCUT2D eigenvalue weighted by Gasteiger charge is -2.15. The summed E-state index contributed by atoms with van der Waals surface area (Å²) in [6.07, 6.45) is 2.96. The third-order valence-electron chi connectivity index (χ3n) is 2.69. The molecule has 16 heavy (non-hydrogen) atoms. The summed E-state index contributed by atoms with van der Waals surface area (Å²) >= 11 is 0. The Morgan fingerprint density at radius 3 is 2.62 bits per heavy atom. The first-order chi connectivity index (χ1) is 7.75. The molecule has 0 heterocycles. The molecule has 0 amide bonds. The number of aliphatic hydroxyl groups is 1. The van der Waals surface area contributed by atoms with Crippen molar-refractivity contribution in [2.75, 3.05) is 13.2 Å². The zero-order valence-corrected chi connectivity index (χ0v) is 9.82. The second-order valence-electron chi connectivity index (χ2n) is 4.02. The van der Waals surface area contributed by atoms with Crippen LogP contribution in [0.3, 0.4) is 0 Å². The van der Waals surface area contributed by atoms with Gasteiger partial charge in [-0.15, -0.1) is 0 Å². The van der Waals surface area contributed by atoms with E-state index in [0.717, 1.165) is 31.4 Å². The first kappa shape index (κ1) is 13.0. The zero-order valence-electron chi connectivity index (χ0n) is 9.82. The number of phenols is 1. The number of rotatable bonds is 7. The van der Waals surface area contributed by atoms with Crippen LogP contribution in [0, 0.1) is 0 Å². The number of aromatic hydroxyl groups is 1. The number of hydrogen-bond donors (Lipinski definition) is 3. The summed E-state index contributed by atoms with van der Waals surface area (Å²) in [6, 6.07) is 7.56. The summed E-state index contributed by atoms with van der Waals surface area (Å²) in [6.45, 7) is 3.23. The van der Waals surface area contributed by atoms with Crippen molar-refractivity contribution >= 4 is 0 Å². The van der Waals surface area contributed by atoms with Crippen LogP contribution in [0.25, 0.3) is 0 Å². The van der Waals surface area contributed by atoms with Crippen LogP contribution < -0.4 is 5.32 Å². The number of hydrogen-bond acceptors (Lipinski definition) is 3. The molecule has 0 aliphatic carbocycles.